The number of benzene rings is 2. The fourth-order valence-electron chi connectivity index (χ4n) is 4.57. The van der Waals surface area contributed by atoms with E-state index in [4.69, 9.17) is 5.11 Å². The molecule has 2 rings (SSSR count). The van der Waals surface area contributed by atoms with Gasteiger partial charge in [0.2, 0.25) is 0 Å². The number of carboxylic acid groups (broad SMARTS) is 1. The molecule has 2 aromatic carbocycles. The molecule has 0 fully saturated rings. The Morgan fingerprint density at radius 2 is 1.14 bits per heavy atom. The van der Waals surface area contributed by atoms with Crippen molar-refractivity contribution in [3.05, 3.63) is 71.8 Å². The van der Waals surface area contributed by atoms with Crippen LogP contribution in [-0.2, 0) is 10.2 Å². The molecule has 29 heavy (non-hydrogen) atoms. The summed E-state index contributed by atoms with van der Waals surface area (Å²) in [5.74, 6) is -0.669. The maximum absolute atomic E-state index is 10.5. The largest absolute Gasteiger partial charge is 0.481 e. The number of rotatable bonds is 15. The Kier molecular flexibility index (Phi) is 10.5. The predicted octanol–water partition coefficient (Wildman–Crippen LogP) is 7.76. The summed E-state index contributed by atoms with van der Waals surface area (Å²) in [4.78, 5) is 10.5. The molecule has 2 nitrogen and oxygen atoms in total. The quantitative estimate of drug-likeness (QED) is 0.313. The fourth-order valence-corrected chi connectivity index (χ4v) is 4.57. The monoisotopic (exact) mass is 394 g/mol. The molecule has 0 atom stereocenters. The Bertz CT molecular complexity index is 639. The van der Waals surface area contributed by atoms with Crippen molar-refractivity contribution >= 4 is 5.97 Å². The van der Waals surface area contributed by atoms with Crippen molar-refractivity contribution in [2.75, 3.05) is 0 Å². The maximum Gasteiger partial charge on any atom is 0.303 e. The summed E-state index contributed by atoms with van der Waals surface area (Å²) < 4.78 is 0. The number of carbonyl (C=O) groups is 1. The van der Waals surface area contributed by atoms with Crippen molar-refractivity contribution in [1.82, 2.24) is 0 Å². The molecule has 0 aliphatic rings. The van der Waals surface area contributed by atoms with Gasteiger partial charge in [-0.05, 0) is 30.4 Å². The van der Waals surface area contributed by atoms with Crippen LogP contribution in [0.4, 0.5) is 0 Å². The Balaban J connectivity index is 1.87. The first kappa shape index (κ1) is 23.2. The highest BCUT2D eigenvalue weighted by Gasteiger charge is 2.32. The number of aliphatic carboxylic acids is 1. The zero-order chi connectivity index (χ0) is 20.8. The summed E-state index contributed by atoms with van der Waals surface area (Å²) in [5.41, 5.74) is 3.02. The molecule has 0 aliphatic carbocycles. The third kappa shape index (κ3) is 7.68. The first-order valence-electron chi connectivity index (χ1n) is 11.5. The van der Waals surface area contributed by atoms with Crippen LogP contribution in [0.3, 0.4) is 0 Å². The van der Waals surface area contributed by atoms with E-state index in [0.29, 0.717) is 6.42 Å². The second-order valence-corrected chi connectivity index (χ2v) is 8.29. The average Bonchev–Trinajstić information content (AvgIpc) is 2.75. The Morgan fingerprint density at radius 3 is 1.59 bits per heavy atom. The van der Waals surface area contributed by atoms with Gasteiger partial charge in [-0.3, -0.25) is 4.79 Å². The van der Waals surface area contributed by atoms with Gasteiger partial charge in [0.05, 0.1) is 0 Å². The molecule has 0 saturated heterocycles. The second kappa shape index (κ2) is 13.2. The minimum absolute atomic E-state index is 0.119. The average molecular weight is 395 g/mol. The molecule has 0 aromatic heterocycles. The lowest BCUT2D eigenvalue weighted by molar-refractivity contribution is -0.137. The van der Waals surface area contributed by atoms with E-state index in [9.17, 15) is 4.79 Å². The second-order valence-electron chi connectivity index (χ2n) is 8.29. The van der Waals surface area contributed by atoms with E-state index in [-0.39, 0.29) is 5.41 Å². The van der Waals surface area contributed by atoms with E-state index in [1.165, 1.54) is 68.9 Å². The van der Waals surface area contributed by atoms with Gasteiger partial charge in [-0.1, -0.05) is 119 Å². The van der Waals surface area contributed by atoms with Crippen molar-refractivity contribution in [1.29, 1.82) is 0 Å². The van der Waals surface area contributed by atoms with Gasteiger partial charge in [0, 0.05) is 11.8 Å². The molecule has 1 N–H and O–H groups in total. The topological polar surface area (TPSA) is 37.3 Å². The summed E-state index contributed by atoms with van der Waals surface area (Å²) in [5, 5.41) is 8.68. The van der Waals surface area contributed by atoms with Crippen LogP contribution in [0.15, 0.2) is 60.7 Å². The number of hydrogen-bond donors (Lipinski definition) is 1. The van der Waals surface area contributed by atoms with Crippen molar-refractivity contribution in [2.24, 2.45) is 0 Å². The summed E-state index contributed by atoms with van der Waals surface area (Å²) >= 11 is 0. The highest BCUT2D eigenvalue weighted by Crippen LogP contribution is 2.41. The van der Waals surface area contributed by atoms with E-state index in [2.05, 4.69) is 67.6 Å². The van der Waals surface area contributed by atoms with Crippen LogP contribution >= 0.6 is 0 Å². The highest BCUT2D eigenvalue weighted by atomic mass is 16.4. The number of unbranched alkanes of at least 4 members (excludes halogenated alkanes) is 7. The summed E-state index contributed by atoms with van der Waals surface area (Å²) in [6, 6.07) is 22.1. The van der Waals surface area contributed by atoms with Gasteiger partial charge in [0.15, 0.2) is 0 Å². The standard InChI is InChI=1S/C27H38O2/c1-2-22-27(24-17-11-9-12-18-24,25-19-13-10-14-20-25)23-16-8-6-4-3-5-7-15-21-26(28)29/h9-14,17-20H,2-8,15-16,21-23H2,1H3,(H,28,29). The van der Waals surface area contributed by atoms with Gasteiger partial charge < -0.3 is 5.11 Å². The molecule has 0 unspecified atom stereocenters. The molecular weight excluding hydrogens is 356 g/mol. The van der Waals surface area contributed by atoms with E-state index >= 15 is 0 Å². The minimum atomic E-state index is -0.669. The molecule has 0 saturated carbocycles. The maximum atomic E-state index is 10.5. The predicted molar refractivity (Wildman–Crippen MR) is 122 cm³/mol. The lowest BCUT2D eigenvalue weighted by Crippen LogP contribution is -2.27. The lowest BCUT2D eigenvalue weighted by atomic mass is 9.68. The highest BCUT2D eigenvalue weighted by molar-refractivity contribution is 5.66. The summed E-state index contributed by atoms with van der Waals surface area (Å²) in [6.07, 6.45) is 13.2. The Hall–Kier alpha value is -2.09. The molecular formula is C27H38O2. The summed E-state index contributed by atoms with van der Waals surface area (Å²) in [7, 11) is 0. The van der Waals surface area contributed by atoms with Gasteiger partial charge in [-0.25, -0.2) is 0 Å². The van der Waals surface area contributed by atoms with Crippen molar-refractivity contribution in [3.8, 4) is 0 Å². The van der Waals surface area contributed by atoms with Crippen LogP contribution in [0.1, 0.15) is 95.1 Å². The van der Waals surface area contributed by atoms with Gasteiger partial charge >= 0.3 is 5.97 Å². The zero-order valence-corrected chi connectivity index (χ0v) is 18.1. The third-order valence-electron chi connectivity index (χ3n) is 6.07. The Morgan fingerprint density at radius 1 is 0.690 bits per heavy atom. The van der Waals surface area contributed by atoms with Crippen LogP contribution in [0.5, 0.6) is 0 Å². The van der Waals surface area contributed by atoms with Gasteiger partial charge in [-0.15, -0.1) is 0 Å². The van der Waals surface area contributed by atoms with Crippen LogP contribution in [0, 0.1) is 0 Å². The van der Waals surface area contributed by atoms with Crippen molar-refractivity contribution in [2.45, 2.75) is 89.4 Å². The van der Waals surface area contributed by atoms with Crippen molar-refractivity contribution < 1.29 is 9.90 Å². The SMILES string of the molecule is CCCC(CCCCCCCCCCC(=O)O)(c1ccccc1)c1ccccc1. The summed E-state index contributed by atoms with van der Waals surface area (Å²) in [6.45, 7) is 2.30. The number of carboxylic acids is 1. The normalized spacial score (nSPS) is 11.5. The third-order valence-corrected chi connectivity index (χ3v) is 6.07. The zero-order valence-electron chi connectivity index (χ0n) is 18.1. The Labute approximate surface area is 177 Å². The molecule has 0 aliphatic heterocycles. The molecule has 0 heterocycles. The fraction of sp³-hybridized carbons (Fsp3) is 0.519. The molecule has 158 valence electrons. The molecule has 2 aromatic rings. The van der Waals surface area contributed by atoms with E-state index in [0.717, 1.165) is 12.8 Å². The first-order valence-corrected chi connectivity index (χ1v) is 11.5. The van der Waals surface area contributed by atoms with Crippen LogP contribution < -0.4 is 0 Å². The van der Waals surface area contributed by atoms with Gasteiger partial charge in [0.25, 0.3) is 0 Å². The lowest BCUT2D eigenvalue weighted by Gasteiger charge is -2.35. The van der Waals surface area contributed by atoms with Gasteiger partial charge in [-0.2, -0.15) is 0 Å². The van der Waals surface area contributed by atoms with E-state index in [1.54, 1.807) is 0 Å². The smallest absolute Gasteiger partial charge is 0.303 e. The minimum Gasteiger partial charge on any atom is -0.481 e. The van der Waals surface area contributed by atoms with Crippen LogP contribution in [0.25, 0.3) is 0 Å². The van der Waals surface area contributed by atoms with Crippen LogP contribution in [-0.4, -0.2) is 11.1 Å². The molecule has 0 spiro atoms. The van der Waals surface area contributed by atoms with Crippen LogP contribution in [0.2, 0.25) is 0 Å². The molecule has 0 amide bonds. The number of hydrogen-bond acceptors (Lipinski definition) is 1. The molecule has 2 heteroatoms. The first-order chi connectivity index (χ1) is 14.2. The van der Waals surface area contributed by atoms with E-state index in [1.807, 2.05) is 0 Å². The van der Waals surface area contributed by atoms with Crippen molar-refractivity contribution in [3.63, 3.8) is 0 Å². The molecule has 0 bridgehead atoms. The van der Waals surface area contributed by atoms with E-state index < -0.39 is 5.97 Å². The molecule has 0 radical (unpaired) electrons. The van der Waals surface area contributed by atoms with Gasteiger partial charge in [0.1, 0.15) is 0 Å².